The minimum absolute atomic E-state index is 0.693. The van der Waals surface area contributed by atoms with Gasteiger partial charge in [-0.3, -0.25) is 0 Å². The summed E-state index contributed by atoms with van der Waals surface area (Å²) >= 11 is -1.23. The standard InChI is InChI=1S/2C9H20N.C2H5.In/c1-6-7-10(8(2)3)9(4)5;1-5-7-10(8-6-2)9(3)4;1-2;/h8-9H,1,6-7H2,2-5H3;9H,1,5-8H2,2-4H3;1H2,2H3;. The van der Waals surface area contributed by atoms with Crippen LogP contribution in [0.3, 0.4) is 0 Å². The first kappa shape index (κ1) is 23.8. The first-order valence-corrected chi connectivity index (χ1v) is 17.3. The fourth-order valence-corrected chi connectivity index (χ4v) is 11.2. The number of hydrogen-bond acceptors (Lipinski definition) is 2. The zero-order chi connectivity index (χ0) is 17.8. The van der Waals surface area contributed by atoms with Crippen molar-refractivity contribution in [3.8, 4) is 0 Å². The Kier molecular flexibility index (Phi) is 14.5. The van der Waals surface area contributed by atoms with E-state index >= 15 is 0 Å². The van der Waals surface area contributed by atoms with Crippen LogP contribution in [0.4, 0.5) is 0 Å². The van der Waals surface area contributed by atoms with Gasteiger partial charge < -0.3 is 0 Å². The van der Waals surface area contributed by atoms with Crippen molar-refractivity contribution in [3.05, 3.63) is 0 Å². The van der Waals surface area contributed by atoms with Crippen LogP contribution in [0.25, 0.3) is 0 Å². The van der Waals surface area contributed by atoms with Gasteiger partial charge in [-0.1, -0.05) is 0 Å². The van der Waals surface area contributed by atoms with Crippen molar-refractivity contribution in [3.63, 3.8) is 0 Å². The molecule has 0 aromatic carbocycles. The molecule has 0 radical (unpaired) electrons. The monoisotopic (exact) mass is 428 g/mol. The fourth-order valence-electron chi connectivity index (χ4n) is 3.73. The van der Waals surface area contributed by atoms with Gasteiger partial charge in [-0.05, 0) is 0 Å². The molecule has 0 bridgehead atoms. The molecule has 0 saturated carbocycles. The zero-order valence-electron chi connectivity index (χ0n) is 17.6. The van der Waals surface area contributed by atoms with E-state index in [4.69, 9.17) is 0 Å². The summed E-state index contributed by atoms with van der Waals surface area (Å²) in [5.41, 5.74) is 0. The zero-order valence-corrected chi connectivity index (χ0v) is 20.9. The summed E-state index contributed by atoms with van der Waals surface area (Å²) in [6.07, 6.45) is 4.21. The molecule has 0 N–H and O–H groups in total. The van der Waals surface area contributed by atoms with Crippen LogP contribution in [0.5, 0.6) is 0 Å². The average Bonchev–Trinajstić information content (AvgIpc) is 2.47. The van der Waals surface area contributed by atoms with Gasteiger partial charge in [0.1, 0.15) is 0 Å². The van der Waals surface area contributed by atoms with Crippen molar-refractivity contribution in [1.29, 1.82) is 0 Å². The second kappa shape index (κ2) is 14.0. The Hall–Kier alpha value is 0.790. The van der Waals surface area contributed by atoms with Crippen molar-refractivity contribution >= 4 is 21.4 Å². The number of rotatable bonds is 14. The summed E-state index contributed by atoms with van der Waals surface area (Å²) in [5, 5.41) is 0. The first-order chi connectivity index (χ1) is 10.8. The first-order valence-electron chi connectivity index (χ1n) is 10.3. The summed E-state index contributed by atoms with van der Waals surface area (Å²) in [6, 6.07) is 2.11. The maximum atomic E-state index is 2.68. The molecule has 0 saturated heterocycles. The summed E-state index contributed by atoms with van der Waals surface area (Å²) in [5.74, 6) is 0. The Labute approximate surface area is 155 Å². The van der Waals surface area contributed by atoms with Crippen molar-refractivity contribution in [2.75, 3.05) is 19.6 Å². The predicted molar refractivity (Wildman–Crippen MR) is 109 cm³/mol. The van der Waals surface area contributed by atoms with Crippen LogP contribution in [0.1, 0.15) is 74.7 Å². The molecule has 0 rings (SSSR count). The van der Waals surface area contributed by atoms with Crippen molar-refractivity contribution in [1.82, 2.24) is 9.80 Å². The van der Waals surface area contributed by atoms with Crippen LogP contribution in [0.2, 0.25) is 12.5 Å². The Morgan fingerprint density at radius 2 is 1.22 bits per heavy atom. The second-order valence-electron chi connectivity index (χ2n) is 8.11. The summed E-state index contributed by atoms with van der Waals surface area (Å²) in [6.45, 7) is 22.8. The van der Waals surface area contributed by atoms with Crippen molar-refractivity contribution in [2.45, 2.75) is 105 Å². The molecule has 0 aliphatic heterocycles. The van der Waals surface area contributed by atoms with Gasteiger partial charge in [0.15, 0.2) is 0 Å². The Balaban J connectivity index is 4.06. The summed E-state index contributed by atoms with van der Waals surface area (Å²) < 4.78 is 4.79. The van der Waals surface area contributed by atoms with E-state index in [2.05, 4.69) is 65.2 Å². The van der Waals surface area contributed by atoms with Gasteiger partial charge in [-0.15, -0.1) is 0 Å². The molecule has 0 heterocycles. The molecule has 23 heavy (non-hydrogen) atoms. The molecule has 138 valence electrons. The summed E-state index contributed by atoms with van der Waals surface area (Å²) in [4.78, 5) is 5.35. The van der Waals surface area contributed by atoms with E-state index in [9.17, 15) is 0 Å². The Morgan fingerprint density at radius 3 is 1.61 bits per heavy atom. The van der Waals surface area contributed by atoms with E-state index < -0.39 is 21.4 Å². The number of nitrogens with zero attached hydrogens (tertiary/aromatic N) is 2. The van der Waals surface area contributed by atoms with Crippen LogP contribution in [0.15, 0.2) is 0 Å². The third kappa shape index (κ3) is 11.1. The molecular formula is C20H45InN2. The molecule has 0 atom stereocenters. The molecule has 0 aliphatic rings. The van der Waals surface area contributed by atoms with Gasteiger partial charge in [-0.25, -0.2) is 0 Å². The van der Waals surface area contributed by atoms with Gasteiger partial charge >= 0.3 is 156 Å². The van der Waals surface area contributed by atoms with Crippen LogP contribution < -0.4 is 0 Å². The van der Waals surface area contributed by atoms with Crippen molar-refractivity contribution in [2.24, 2.45) is 0 Å². The molecule has 2 nitrogen and oxygen atoms in total. The molecule has 0 amide bonds. The van der Waals surface area contributed by atoms with E-state index in [0.29, 0.717) is 12.1 Å². The molecular weight excluding hydrogens is 383 g/mol. The van der Waals surface area contributed by atoms with E-state index in [1.54, 1.807) is 12.5 Å². The molecule has 0 unspecified atom stereocenters. The number of hydrogen-bond donors (Lipinski definition) is 0. The van der Waals surface area contributed by atoms with Gasteiger partial charge in [0.25, 0.3) is 0 Å². The Morgan fingerprint density at radius 1 is 0.696 bits per heavy atom. The van der Waals surface area contributed by atoms with Gasteiger partial charge in [0.2, 0.25) is 0 Å². The molecule has 0 aromatic rings. The molecule has 0 aromatic heterocycles. The van der Waals surface area contributed by atoms with E-state index in [-0.39, 0.29) is 0 Å². The third-order valence-corrected chi connectivity index (χ3v) is 15.5. The second-order valence-corrected chi connectivity index (χ2v) is 18.7. The van der Waals surface area contributed by atoms with Gasteiger partial charge in [0, 0.05) is 0 Å². The third-order valence-electron chi connectivity index (χ3n) is 5.23. The molecule has 0 fully saturated rings. The van der Waals surface area contributed by atoms with Crippen LogP contribution >= 0.6 is 0 Å². The van der Waals surface area contributed by atoms with Crippen molar-refractivity contribution < 1.29 is 0 Å². The van der Waals surface area contributed by atoms with Crippen LogP contribution in [0, 0.1) is 0 Å². The van der Waals surface area contributed by atoms with E-state index in [0.717, 1.165) is 6.04 Å². The molecule has 0 spiro atoms. The van der Waals surface area contributed by atoms with Crippen LogP contribution in [-0.4, -0.2) is 69.0 Å². The van der Waals surface area contributed by atoms with E-state index in [1.165, 1.54) is 38.9 Å². The average molecular weight is 428 g/mol. The molecule has 3 heteroatoms. The SMILES string of the molecule is CCCN(CC[CH2][In]([CH2]C)[CH2]CCN(C(C)C)C(C)C)C(C)C. The maximum absolute atomic E-state index is 2.68. The van der Waals surface area contributed by atoms with Gasteiger partial charge in [0.05, 0.1) is 0 Å². The topological polar surface area (TPSA) is 6.48 Å². The quantitative estimate of drug-likeness (QED) is 0.360. The van der Waals surface area contributed by atoms with E-state index in [1.807, 2.05) is 0 Å². The van der Waals surface area contributed by atoms with Crippen LogP contribution in [-0.2, 0) is 0 Å². The summed E-state index contributed by atoms with van der Waals surface area (Å²) in [7, 11) is 0. The minimum atomic E-state index is -1.23. The molecule has 0 aliphatic carbocycles. The van der Waals surface area contributed by atoms with Gasteiger partial charge in [-0.2, -0.15) is 0 Å². The predicted octanol–water partition coefficient (Wildman–Crippen LogP) is 5.52. The normalized spacial score (nSPS) is 12.4. The fraction of sp³-hybridized carbons (Fsp3) is 1.00. The Bertz CT molecular complexity index is 258.